The van der Waals surface area contributed by atoms with Crippen LogP contribution >= 0.6 is 0 Å². The van der Waals surface area contributed by atoms with Crippen molar-refractivity contribution in [1.29, 1.82) is 0 Å². The SMILES string of the molecule is CN(CC(O)CO)c1ccccc1[N+](=O)[O-]. The minimum atomic E-state index is -0.912. The van der Waals surface area contributed by atoms with Crippen molar-refractivity contribution in [3.05, 3.63) is 34.4 Å². The molecule has 0 aliphatic heterocycles. The van der Waals surface area contributed by atoms with E-state index in [2.05, 4.69) is 0 Å². The van der Waals surface area contributed by atoms with E-state index >= 15 is 0 Å². The van der Waals surface area contributed by atoms with Crippen molar-refractivity contribution in [3.8, 4) is 0 Å². The van der Waals surface area contributed by atoms with Crippen LogP contribution in [0.3, 0.4) is 0 Å². The summed E-state index contributed by atoms with van der Waals surface area (Å²) >= 11 is 0. The molecule has 0 saturated heterocycles. The van der Waals surface area contributed by atoms with Gasteiger partial charge in [-0.2, -0.15) is 0 Å². The van der Waals surface area contributed by atoms with Crippen LogP contribution in [0, 0.1) is 10.1 Å². The van der Waals surface area contributed by atoms with Gasteiger partial charge in [-0.1, -0.05) is 12.1 Å². The summed E-state index contributed by atoms with van der Waals surface area (Å²) in [5.74, 6) is 0. The van der Waals surface area contributed by atoms with Crippen molar-refractivity contribution in [1.82, 2.24) is 0 Å². The monoisotopic (exact) mass is 226 g/mol. The Bertz CT molecular complexity index is 370. The molecule has 1 atom stereocenters. The second-order valence-corrected chi connectivity index (χ2v) is 3.46. The molecule has 16 heavy (non-hydrogen) atoms. The van der Waals surface area contributed by atoms with Crippen LogP contribution in [0.4, 0.5) is 11.4 Å². The molecule has 6 nitrogen and oxygen atoms in total. The number of hydrogen-bond acceptors (Lipinski definition) is 5. The first-order valence-electron chi connectivity index (χ1n) is 4.79. The highest BCUT2D eigenvalue weighted by molar-refractivity contribution is 5.62. The molecular formula is C10H14N2O4. The maximum atomic E-state index is 10.7. The molecule has 0 bridgehead atoms. The lowest BCUT2D eigenvalue weighted by molar-refractivity contribution is -0.384. The zero-order chi connectivity index (χ0) is 12.1. The second kappa shape index (κ2) is 5.43. The molecule has 1 unspecified atom stereocenters. The average Bonchev–Trinajstić information content (AvgIpc) is 2.28. The molecule has 0 aliphatic rings. The maximum absolute atomic E-state index is 10.7. The molecule has 0 aliphatic carbocycles. The van der Waals surface area contributed by atoms with E-state index in [0.717, 1.165) is 0 Å². The van der Waals surface area contributed by atoms with Gasteiger partial charge in [0.25, 0.3) is 5.69 Å². The molecule has 0 radical (unpaired) electrons. The Labute approximate surface area is 92.9 Å². The highest BCUT2D eigenvalue weighted by Crippen LogP contribution is 2.26. The summed E-state index contributed by atoms with van der Waals surface area (Å²) in [7, 11) is 1.63. The van der Waals surface area contributed by atoms with Crippen LogP contribution in [-0.2, 0) is 0 Å². The van der Waals surface area contributed by atoms with Gasteiger partial charge in [-0.15, -0.1) is 0 Å². The quantitative estimate of drug-likeness (QED) is 0.560. The van der Waals surface area contributed by atoms with Crippen molar-refractivity contribution >= 4 is 11.4 Å². The van der Waals surface area contributed by atoms with E-state index in [1.54, 1.807) is 30.1 Å². The summed E-state index contributed by atoms with van der Waals surface area (Å²) in [4.78, 5) is 11.8. The summed E-state index contributed by atoms with van der Waals surface area (Å²) < 4.78 is 0. The molecule has 0 fully saturated rings. The normalized spacial score (nSPS) is 12.2. The zero-order valence-electron chi connectivity index (χ0n) is 8.91. The smallest absolute Gasteiger partial charge is 0.292 e. The van der Waals surface area contributed by atoms with Gasteiger partial charge in [0.2, 0.25) is 0 Å². The molecule has 0 heterocycles. The van der Waals surface area contributed by atoms with Crippen LogP contribution in [0.25, 0.3) is 0 Å². The Hall–Kier alpha value is -1.66. The van der Waals surface area contributed by atoms with E-state index < -0.39 is 11.0 Å². The van der Waals surface area contributed by atoms with Gasteiger partial charge in [-0.3, -0.25) is 10.1 Å². The Morgan fingerprint density at radius 3 is 2.69 bits per heavy atom. The van der Waals surface area contributed by atoms with Crippen molar-refractivity contribution < 1.29 is 15.1 Å². The summed E-state index contributed by atoms with van der Waals surface area (Å²) in [6, 6.07) is 6.27. The van der Waals surface area contributed by atoms with Gasteiger partial charge in [0.1, 0.15) is 5.69 Å². The lowest BCUT2D eigenvalue weighted by Gasteiger charge is -2.21. The Kier molecular flexibility index (Phi) is 4.21. The largest absolute Gasteiger partial charge is 0.394 e. The van der Waals surface area contributed by atoms with E-state index in [4.69, 9.17) is 5.11 Å². The molecule has 1 aromatic rings. The van der Waals surface area contributed by atoms with Gasteiger partial charge in [-0.25, -0.2) is 0 Å². The number of anilines is 1. The standard InChI is InChI=1S/C10H14N2O4/c1-11(6-8(14)7-13)9-4-2-3-5-10(9)12(15)16/h2-5,8,13-14H,6-7H2,1H3. The number of nitro groups is 1. The summed E-state index contributed by atoms with van der Waals surface area (Å²) in [6.45, 7) is -0.230. The Morgan fingerprint density at radius 1 is 1.50 bits per heavy atom. The van der Waals surface area contributed by atoms with Crippen LogP contribution in [0.2, 0.25) is 0 Å². The van der Waals surface area contributed by atoms with Crippen LogP contribution in [-0.4, -0.2) is 41.4 Å². The first-order valence-corrected chi connectivity index (χ1v) is 4.79. The van der Waals surface area contributed by atoms with Crippen LogP contribution in [0.1, 0.15) is 0 Å². The van der Waals surface area contributed by atoms with E-state index in [-0.39, 0.29) is 18.8 Å². The van der Waals surface area contributed by atoms with Gasteiger partial charge in [-0.05, 0) is 6.07 Å². The number of rotatable bonds is 5. The molecule has 0 amide bonds. The van der Waals surface area contributed by atoms with Crippen LogP contribution < -0.4 is 4.90 Å². The van der Waals surface area contributed by atoms with Crippen molar-refractivity contribution in [2.24, 2.45) is 0 Å². The van der Waals surface area contributed by atoms with E-state index in [1.165, 1.54) is 6.07 Å². The molecule has 88 valence electrons. The number of hydrogen-bond donors (Lipinski definition) is 2. The summed E-state index contributed by atoms with van der Waals surface area (Å²) in [5, 5.41) is 28.7. The summed E-state index contributed by atoms with van der Waals surface area (Å²) in [5.41, 5.74) is 0.398. The number of para-hydroxylation sites is 2. The fourth-order valence-electron chi connectivity index (χ4n) is 1.41. The highest BCUT2D eigenvalue weighted by atomic mass is 16.6. The number of likely N-dealkylation sites (N-methyl/N-ethyl adjacent to an activating group) is 1. The minimum absolute atomic E-state index is 0.0184. The third-order valence-electron chi connectivity index (χ3n) is 2.19. The fraction of sp³-hybridized carbons (Fsp3) is 0.400. The van der Waals surface area contributed by atoms with E-state index in [1.807, 2.05) is 0 Å². The zero-order valence-corrected chi connectivity index (χ0v) is 8.91. The summed E-state index contributed by atoms with van der Waals surface area (Å²) in [6.07, 6.45) is -0.912. The third-order valence-corrected chi connectivity index (χ3v) is 2.19. The topological polar surface area (TPSA) is 86.8 Å². The third kappa shape index (κ3) is 2.91. The van der Waals surface area contributed by atoms with Crippen molar-refractivity contribution in [2.45, 2.75) is 6.10 Å². The Balaban J connectivity index is 2.90. The van der Waals surface area contributed by atoms with E-state index in [9.17, 15) is 15.2 Å². The number of nitro benzene ring substituents is 1. The predicted octanol–water partition coefficient (Wildman–Crippen LogP) is 0.384. The Morgan fingerprint density at radius 2 is 2.12 bits per heavy atom. The molecule has 1 rings (SSSR count). The van der Waals surface area contributed by atoms with Crippen LogP contribution in [0.5, 0.6) is 0 Å². The molecule has 6 heteroatoms. The van der Waals surface area contributed by atoms with Gasteiger partial charge in [0.15, 0.2) is 0 Å². The first kappa shape index (κ1) is 12.4. The number of nitrogens with zero attached hydrogens (tertiary/aromatic N) is 2. The maximum Gasteiger partial charge on any atom is 0.292 e. The average molecular weight is 226 g/mol. The van der Waals surface area contributed by atoms with Crippen LogP contribution in [0.15, 0.2) is 24.3 Å². The van der Waals surface area contributed by atoms with Gasteiger partial charge >= 0.3 is 0 Å². The lowest BCUT2D eigenvalue weighted by Crippen LogP contribution is -2.31. The van der Waals surface area contributed by atoms with Crippen molar-refractivity contribution in [3.63, 3.8) is 0 Å². The number of aliphatic hydroxyl groups excluding tert-OH is 2. The van der Waals surface area contributed by atoms with Gasteiger partial charge in [0.05, 0.1) is 17.6 Å². The molecule has 0 spiro atoms. The number of aliphatic hydroxyl groups is 2. The van der Waals surface area contributed by atoms with E-state index in [0.29, 0.717) is 5.69 Å². The predicted molar refractivity (Wildman–Crippen MR) is 59.5 cm³/mol. The molecule has 0 saturated carbocycles. The first-order chi connectivity index (χ1) is 7.56. The molecular weight excluding hydrogens is 212 g/mol. The minimum Gasteiger partial charge on any atom is -0.394 e. The fourth-order valence-corrected chi connectivity index (χ4v) is 1.41. The molecule has 1 aromatic carbocycles. The number of benzene rings is 1. The second-order valence-electron chi connectivity index (χ2n) is 3.46. The van der Waals surface area contributed by atoms with Crippen molar-refractivity contribution in [2.75, 3.05) is 25.1 Å². The van der Waals surface area contributed by atoms with Gasteiger partial charge < -0.3 is 15.1 Å². The highest BCUT2D eigenvalue weighted by Gasteiger charge is 2.17. The molecule has 2 N–H and O–H groups in total. The van der Waals surface area contributed by atoms with Gasteiger partial charge in [0, 0.05) is 19.7 Å². The lowest BCUT2D eigenvalue weighted by atomic mass is 10.2. The molecule has 0 aromatic heterocycles.